The predicted molar refractivity (Wildman–Crippen MR) is 144 cm³/mol. The van der Waals surface area contributed by atoms with Gasteiger partial charge >= 0.3 is 5.97 Å². The molecule has 0 aliphatic carbocycles. The Morgan fingerprint density at radius 2 is 1.97 bits per heavy atom. The van der Waals surface area contributed by atoms with Gasteiger partial charge in [-0.1, -0.05) is 58.8 Å². The topological polar surface area (TPSA) is 99.0 Å². The molecule has 5 rings (SSSR count). The van der Waals surface area contributed by atoms with Crippen molar-refractivity contribution in [3.63, 3.8) is 0 Å². The summed E-state index contributed by atoms with van der Waals surface area (Å²) in [6.45, 7) is 3.92. The largest absolute Gasteiger partial charge is 0.496 e. The summed E-state index contributed by atoms with van der Waals surface area (Å²) >= 11 is 4.60. The molecule has 0 radical (unpaired) electrons. The third kappa shape index (κ3) is 4.23. The van der Waals surface area contributed by atoms with E-state index in [9.17, 15) is 14.4 Å². The van der Waals surface area contributed by atoms with Crippen molar-refractivity contribution in [1.82, 2.24) is 4.57 Å². The minimum atomic E-state index is -0.825. The van der Waals surface area contributed by atoms with E-state index in [-0.39, 0.29) is 22.6 Å². The Hall–Kier alpha value is -3.50. The second-order valence-electron chi connectivity index (χ2n) is 8.50. The van der Waals surface area contributed by atoms with Crippen molar-refractivity contribution in [3.05, 3.63) is 89.0 Å². The molecule has 1 N–H and O–H groups in total. The zero-order valence-electron chi connectivity index (χ0n) is 20.5. The molecular weight excluding hydrogens is 558 g/mol. The molecule has 8 nitrogen and oxygen atoms in total. The number of carbonyl (C=O) groups excluding carboxylic acids is 2. The summed E-state index contributed by atoms with van der Waals surface area (Å²) in [6, 6.07) is 11.9. The number of anilines is 1. The average molecular weight is 582 g/mol. The van der Waals surface area contributed by atoms with E-state index < -0.39 is 17.6 Å². The SMILES string of the molecule is CCCC1=C(C(=O)OCC)[C@H](c2ccccc2OC)n2c(s/c(=C3\C(=O)Nc4ccc(Br)cc43)c2=O)=N1. The number of para-hydroxylation sites is 1. The molecule has 3 heterocycles. The number of benzene rings is 2. The van der Waals surface area contributed by atoms with Gasteiger partial charge in [-0.15, -0.1) is 0 Å². The molecule has 3 aromatic rings. The number of rotatable bonds is 6. The summed E-state index contributed by atoms with van der Waals surface area (Å²) < 4.78 is 13.6. The molecular formula is C27H24BrN3O5S. The molecule has 1 aromatic heterocycles. The first kappa shape index (κ1) is 25.2. The number of fused-ring (bicyclic) bond motifs is 2. The van der Waals surface area contributed by atoms with Crippen LogP contribution >= 0.6 is 27.3 Å². The number of nitrogens with one attached hydrogen (secondary N) is 1. The number of methoxy groups -OCH3 is 1. The first-order valence-electron chi connectivity index (χ1n) is 11.9. The maximum absolute atomic E-state index is 14.1. The van der Waals surface area contributed by atoms with Gasteiger partial charge in [-0.05, 0) is 37.6 Å². The van der Waals surface area contributed by atoms with Gasteiger partial charge in [0.2, 0.25) is 0 Å². The Morgan fingerprint density at radius 3 is 2.70 bits per heavy atom. The Morgan fingerprint density at radius 1 is 1.19 bits per heavy atom. The standard InChI is InChI=1S/C27H24BrN3O5S/c1-4-8-18-21(26(34)36-5-2)22(15-9-6-7-10-19(15)35-3)31-25(33)23(37-27(31)30-18)20-16-13-14(28)11-12-17(16)29-24(20)32/h6-7,9-13,22H,4-5,8H2,1-3H3,(H,29,32)/b23-20-/t22-/m0/s1. The maximum atomic E-state index is 14.1. The third-order valence-corrected chi connectivity index (χ3v) is 7.80. The number of halogens is 1. The average Bonchev–Trinajstić information content (AvgIpc) is 3.38. The lowest BCUT2D eigenvalue weighted by Crippen LogP contribution is -2.41. The summed E-state index contributed by atoms with van der Waals surface area (Å²) in [7, 11) is 1.54. The monoisotopic (exact) mass is 581 g/mol. The van der Waals surface area contributed by atoms with Gasteiger partial charge < -0.3 is 14.8 Å². The van der Waals surface area contributed by atoms with Crippen LogP contribution in [0.2, 0.25) is 0 Å². The summed E-state index contributed by atoms with van der Waals surface area (Å²) in [5.41, 5.74) is 2.65. The predicted octanol–water partition coefficient (Wildman–Crippen LogP) is 3.67. The number of carbonyl (C=O) groups is 2. The van der Waals surface area contributed by atoms with E-state index in [2.05, 4.69) is 21.2 Å². The summed E-state index contributed by atoms with van der Waals surface area (Å²) in [4.78, 5) is 45.7. The molecule has 0 saturated heterocycles. The lowest BCUT2D eigenvalue weighted by atomic mass is 9.93. The number of esters is 1. The van der Waals surface area contributed by atoms with Gasteiger partial charge in [0.15, 0.2) is 4.80 Å². The van der Waals surface area contributed by atoms with Gasteiger partial charge in [0, 0.05) is 21.3 Å². The number of hydrogen-bond donors (Lipinski definition) is 1. The lowest BCUT2D eigenvalue weighted by Gasteiger charge is -2.26. The highest BCUT2D eigenvalue weighted by Crippen LogP contribution is 2.37. The van der Waals surface area contributed by atoms with Crippen LogP contribution in [0.25, 0.3) is 5.57 Å². The van der Waals surface area contributed by atoms with E-state index in [4.69, 9.17) is 14.5 Å². The highest BCUT2D eigenvalue weighted by molar-refractivity contribution is 9.10. The zero-order valence-corrected chi connectivity index (χ0v) is 22.9. The fourth-order valence-electron chi connectivity index (χ4n) is 4.72. The molecule has 37 heavy (non-hydrogen) atoms. The number of thiazole rings is 1. The number of amides is 1. The highest BCUT2D eigenvalue weighted by atomic mass is 79.9. The number of aromatic nitrogens is 1. The van der Waals surface area contributed by atoms with E-state index in [0.29, 0.717) is 45.1 Å². The zero-order chi connectivity index (χ0) is 26.3. The summed E-state index contributed by atoms with van der Waals surface area (Å²) in [5, 5.41) is 2.84. The van der Waals surface area contributed by atoms with Crippen molar-refractivity contribution in [1.29, 1.82) is 0 Å². The van der Waals surface area contributed by atoms with Crippen LogP contribution in [0.1, 0.15) is 43.9 Å². The van der Waals surface area contributed by atoms with Crippen molar-refractivity contribution in [2.45, 2.75) is 32.7 Å². The quantitative estimate of drug-likeness (QED) is 0.448. The molecule has 0 bridgehead atoms. The van der Waals surface area contributed by atoms with E-state index in [1.807, 2.05) is 37.3 Å². The van der Waals surface area contributed by atoms with Gasteiger partial charge in [0.25, 0.3) is 11.5 Å². The van der Waals surface area contributed by atoms with Gasteiger partial charge in [-0.3, -0.25) is 14.2 Å². The van der Waals surface area contributed by atoms with Crippen LogP contribution in [0, 0.1) is 0 Å². The number of hydrogen-bond acceptors (Lipinski definition) is 7. The van der Waals surface area contributed by atoms with Crippen LogP contribution in [-0.2, 0) is 14.3 Å². The number of ether oxygens (including phenoxy) is 2. The molecule has 0 spiro atoms. The van der Waals surface area contributed by atoms with Crippen LogP contribution < -0.4 is 24.9 Å². The molecule has 1 amide bonds. The molecule has 10 heteroatoms. The Bertz CT molecular complexity index is 1650. The normalized spacial score (nSPS) is 17.6. The molecule has 0 unspecified atom stereocenters. The molecule has 2 aromatic carbocycles. The van der Waals surface area contributed by atoms with Crippen molar-refractivity contribution < 1.29 is 19.1 Å². The molecule has 1 atom stereocenters. The van der Waals surface area contributed by atoms with Gasteiger partial charge in [0.05, 0.1) is 30.6 Å². The Balaban J connectivity index is 1.87. The molecule has 0 fully saturated rings. The van der Waals surface area contributed by atoms with Crippen LogP contribution in [0.3, 0.4) is 0 Å². The van der Waals surface area contributed by atoms with Crippen LogP contribution in [0.5, 0.6) is 5.75 Å². The van der Waals surface area contributed by atoms with Gasteiger partial charge in [-0.25, -0.2) is 9.79 Å². The van der Waals surface area contributed by atoms with E-state index >= 15 is 0 Å². The first-order valence-corrected chi connectivity index (χ1v) is 13.5. The second kappa shape index (κ2) is 10.1. The minimum Gasteiger partial charge on any atom is -0.496 e. The first-order chi connectivity index (χ1) is 17.9. The van der Waals surface area contributed by atoms with Gasteiger partial charge in [0.1, 0.15) is 16.3 Å². The van der Waals surface area contributed by atoms with E-state index in [1.54, 1.807) is 26.2 Å². The molecule has 2 aliphatic rings. The lowest BCUT2D eigenvalue weighted by molar-refractivity contribution is -0.139. The molecule has 190 valence electrons. The van der Waals surface area contributed by atoms with Crippen molar-refractivity contribution in [2.24, 2.45) is 4.99 Å². The van der Waals surface area contributed by atoms with E-state index in [0.717, 1.165) is 22.2 Å². The number of allylic oxidation sites excluding steroid dienone is 1. The molecule has 0 saturated carbocycles. The summed E-state index contributed by atoms with van der Waals surface area (Å²) in [5.74, 6) is -0.361. The van der Waals surface area contributed by atoms with Gasteiger partial charge in [-0.2, -0.15) is 0 Å². The Kier molecular flexibility index (Phi) is 6.87. The maximum Gasteiger partial charge on any atom is 0.338 e. The minimum absolute atomic E-state index is 0.181. The second-order valence-corrected chi connectivity index (χ2v) is 10.4. The third-order valence-electron chi connectivity index (χ3n) is 6.25. The molecule has 2 aliphatic heterocycles. The summed E-state index contributed by atoms with van der Waals surface area (Å²) in [6.07, 6.45) is 1.26. The van der Waals surface area contributed by atoms with Crippen LogP contribution in [0.15, 0.2) is 68.0 Å². The fraction of sp³-hybridized carbons (Fsp3) is 0.259. The van der Waals surface area contributed by atoms with Crippen LogP contribution in [-0.4, -0.2) is 30.2 Å². The van der Waals surface area contributed by atoms with Crippen molar-refractivity contribution in [2.75, 3.05) is 19.0 Å². The smallest absolute Gasteiger partial charge is 0.338 e. The highest BCUT2D eigenvalue weighted by Gasteiger charge is 2.37. The number of nitrogens with zero attached hydrogens (tertiary/aromatic N) is 2. The van der Waals surface area contributed by atoms with Crippen molar-refractivity contribution >= 4 is 50.4 Å². The Labute approximate surface area is 225 Å². The van der Waals surface area contributed by atoms with Crippen LogP contribution in [0.4, 0.5) is 5.69 Å². The fourth-order valence-corrected chi connectivity index (χ4v) is 6.20. The van der Waals surface area contributed by atoms with E-state index in [1.165, 1.54) is 4.57 Å². The van der Waals surface area contributed by atoms with Crippen molar-refractivity contribution in [3.8, 4) is 5.75 Å².